The van der Waals surface area contributed by atoms with Crippen molar-refractivity contribution < 1.29 is 0 Å². The Labute approximate surface area is 104 Å². The van der Waals surface area contributed by atoms with Gasteiger partial charge in [0.25, 0.3) is 0 Å². The molecule has 0 saturated carbocycles. The van der Waals surface area contributed by atoms with Crippen molar-refractivity contribution >= 4 is 17.4 Å². The van der Waals surface area contributed by atoms with Crippen LogP contribution in [-0.4, -0.2) is 9.97 Å². The fraction of sp³-hybridized carbons (Fsp3) is 0.0833. The van der Waals surface area contributed by atoms with Gasteiger partial charge in [-0.15, -0.1) is 0 Å². The molecule has 1 heterocycles. The molecule has 1 N–H and O–H groups in total. The molecule has 4 nitrogen and oxygen atoms in total. The number of nitriles is 1. The molecule has 0 aliphatic carbocycles. The zero-order valence-corrected chi connectivity index (χ0v) is 9.65. The molecule has 2 rings (SSSR count). The van der Waals surface area contributed by atoms with Gasteiger partial charge in [0.2, 0.25) is 0 Å². The highest BCUT2D eigenvalue weighted by Gasteiger charge is 2.08. The third-order valence-electron chi connectivity index (χ3n) is 2.22. The molecule has 2 aromatic rings. The summed E-state index contributed by atoms with van der Waals surface area (Å²) in [7, 11) is 0. The van der Waals surface area contributed by atoms with Crippen LogP contribution in [0.2, 0.25) is 5.15 Å². The lowest BCUT2D eigenvalue weighted by Gasteiger charge is -2.07. The minimum atomic E-state index is 0.165. The predicted molar refractivity (Wildman–Crippen MR) is 65.5 cm³/mol. The van der Waals surface area contributed by atoms with Gasteiger partial charge in [-0.25, -0.2) is 9.97 Å². The monoisotopic (exact) mass is 244 g/mol. The highest BCUT2D eigenvalue weighted by Crippen LogP contribution is 2.18. The number of anilines is 1. The van der Waals surface area contributed by atoms with E-state index in [-0.39, 0.29) is 10.7 Å². The summed E-state index contributed by atoms with van der Waals surface area (Å²) in [6.45, 7) is 0.586. The third kappa shape index (κ3) is 2.71. The minimum absolute atomic E-state index is 0.165. The topological polar surface area (TPSA) is 61.6 Å². The maximum Gasteiger partial charge on any atom is 0.152 e. The van der Waals surface area contributed by atoms with Crippen LogP contribution in [0.3, 0.4) is 0 Å². The second-order valence-corrected chi connectivity index (χ2v) is 3.70. The van der Waals surface area contributed by atoms with E-state index in [0.29, 0.717) is 12.4 Å². The van der Waals surface area contributed by atoms with Crippen LogP contribution in [-0.2, 0) is 6.54 Å². The molecule has 0 aliphatic heterocycles. The fourth-order valence-electron chi connectivity index (χ4n) is 1.38. The number of hydrogen-bond acceptors (Lipinski definition) is 4. The van der Waals surface area contributed by atoms with Crippen LogP contribution in [0.1, 0.15) is 11.1 Å². The Morgan fingerprint density at radius 1 is 1.24 bits per heavy atom. The molecule has 0 aliphatic rings. The highest BCUT2D eigenvalue weighted by molar-refractivity contribution is 6.30. The lowest BCUT2D eigenvalue weighted by Crippen LogP contribution is -2.04. The molecular weight excluding hydrogens is 236 g/mol. The predicted octanol–water partition coefficient (Wildman–Crippen LogP) is 2.61. The highest BCUT2D eigenvalue weighted by atomic mass is 35.5. The molecule has 0 spiro atoms. The van der Waals surface area contributed by atoms with E-state index in [9.17, 15) is 0 Å². The first kappa shape index (κ1) is 11.4. The van der Waals surface area contributed by atoms with Crippen LogP contribution < -0.4 is 5.32 Å². The smallest absolute Gasteiger partial charge is 0.152 e. The van der Waals surface area contributed by atoms with Crippen LogP contribution in [0.4, 0.5) is 5.82 Å². The Morgan fingerprint density at radius 3 is 2.71 bits per heavy atom. The molecule has 1 aromatic heterocycles. The Morgan fingerprint density at radius 2 is 2.00 bits per heavy atom. The summed E-state index contributed by atoms with van der Waals surface area (Å²) in [6.07, 6.45) is 1.33. The number of halogens is 1. The van der Waals surface area contributed by atoms with Crippen molar-refractivity contribution in [2.75, 3.05) is 5.32 Å². The molecule has 17 heavy (non-hydrogen) atoms. The first-order valence-corrected chi connectivity index (χ1v) is 5.37. The van der Waals surface area contributed by atoms with Crippen molar-refractivity contribution in [3.8, 4) is 6.07 Å². The zero-order valence-electron chi connectivity index (χ0n) is 8.89. The quantitative estimate of drug-likeness (QED) is 0.843. The van der Waals surface area contributed by atoms with Gasteiger partial charge < -0.3 is 5.32 Å². The van der Waals surface area contributed by atoms with E-state index >= 15 is 0 Å². The van der Waals surface area contributed by atoms with Crippen molar-refractivity contribution in [2.24, 2.45) is 0 Å². The first-order valence-electron chi connectivity index (χ1n) is 4.99. The molecule has 84 valence electrons. The van der Waals surface area contributed by atoms with Crippen LogP contribution in [0.5, 0.6) is 0 Å². The van der Waals surface area contributed by atoms with Gasteiger partial charge >= 0.3 is 0 Å². The molecule has 0 amide bonds. The van der Waals surface area contributed by atoms with E-state index in [1.807, 2.05) is 36.4 Å². The van der Waals surface area contributed by atoms with Crippen LogP contribution in [0.25, 0.3) is 0 Å². The molecule has 0 unspecified atom stereocenters. The number of rotatable bonds is 3. The van der Waals surface area contributed by atoms with Gasteiger partial charge in [0, 0.05) is 6.54 Å². The van der Waals surface area contributed by atoms with Crippen molar-refractivity contribution in [3.63, 3.8) is 0 Å². The third-order valence-corrected chi connectivity index (χ3v) is 2.50. The second-order valence-electron chi connectivity index (χ2n) is 3.34. The summed E-state index contributed by atoms with van der Waals surface area (Å²) in [5, 5.41) is 12.2. The number of nitrogens with zero attached hydrogens (tertiary/aromatic N) is 3. The molecule has 0 radical (unpaired) electrons. The van der Waals surface area contributed by atoms with Gasteiger partial charge in [0.15, 0.2) is 5.15 Å². The lowest BCUT2D eigenvalue weighted by molar-refractivity contribution is 1.07. The molecule has 0 saturated heterocycles. The van der Waals surface area contributed by atoms with E-state index in [1.165, 1.54) is 6.33 Å². The first-order chi connectivity index (χ1) is 8.31. The average Bonchev–Trinajstić information content (AvgIpc) is 2.37. The molecule has 5 heteroatoms. The maximum absolute atomic E-state index is 8.94. The summed E-state index contributed by atoms with van der Waals surface area (Å²) >= 11 is 5.80. The zero-order chi connectivity index (χ0) is 12.1. The van der Waals surface area contributed by atoms with E-state index in [1.54, 1.807) is 0 Å². The second kappa shape index (κ2) is 5.28. The SMILES string of the molecule is N#Cc1c(Cl)ncnc1NCc1ccccc1. The summed E-state index contributed by atoms with van der Waals surface area (Å²) in [6, 6.07) is 11.8. The molecule has 0 atom stereocenters. The van der Waals surface area contributed by atoms with Gasteiger partial charge in [-0.2, -0.15) is 5.26 Å². The number of hydrogen-bond donors (Lipinski definition) is 1. The molecular formula is C12H9ClN4. The van der Waals surface area contributed by atoms with Gasteiger partial charge in [-0.1, -0.05) is 41.9 Å². The number of benzene rings is 1. The Kier molecular flexibility index (Phi) is 3.53. The van der Waals surface area contributed by atoms with Gasteiger partial charge in [0.1, 0.15) is 23.8 Å². The van der Waals surface area contributed by atoms with E-state index in [4.69, 9.17) is 16.9 Å². The largest absolute Gasteiger partial charge is 0.365 e. The van der Waals surface area contributed by atoms with Gasteiger partial charge in [-0.05, 0) is 5.56 Å². The fourth-order valence-corrected chi connectivity index (χ4v) is 1.55. The van der Waals surface area contributed by atoms with E-state index in [0.717, 1.165) is 5.56 Å². The van der Waals surface area contributed by atoms with E-state index < -0.39 is 0 Å². The molecule has 0 bridgehead atoms. The summed E-state index contributed by atoms with van der Waals surface area (Å²) in [5.74, 6) is 0.455. The average molecular weight is 245 g/mol. The van der Waals surface area contributed by atoms with E-state index in [2.05, 4.69) is 15.3 Å². The standard InChI is InChI=1S/C12H9ClN4/c13-11-10(6-14)12(17-8-16-11)15-7-9-4-2-1-3-5-9/h1-5,8H,7H2,(H,15,16,17). The number of nitrogens with one attached hydrogen (secondary N) is 1. The number of aromatic nitrogens is 2. The van der Waals surface area contributed by atoms with Crippen molar-refractivity contribution in [2.45, 2.75) is 6.54 Å². The summed E-state index contributed by atoms with van der Waals surface area (Å²) in [4.78, 5) is 7.75. The summed E-state index contributed by atoms with van der Waals surface area (Å²) in [5.41, 5.74) is 1.37. The Bertz CT molecular complexity index is 548. The van der Waals surface area contributed by atoms with Crippen LogP contribution >= 0.6 is 11.6 Å². The Hall–Kier alpha value is -2.12. The lowest BCUT2D eigenvalue weighted by atomic mass is 10.2. The van der Waals surface area contributed by atoms with Crippen LogP contribution in [0.15, 0.2) is 36.7 Å². The minimum Gasteiger partial charge on any atom is -0.365 e. The van der Waals surface area contributed by atoms with Gasteiger partial charge in [-0.3, -0.25) is 0 Å². The molecule has 0 fully saturated rings. The van der Waals surface area contributed by atoms with Crippen molar-refractivity contribution in [3.05, 3.63) is 52.9 Å². The summed E-state index contributed by atoms with van der Waals surface area (Å²) < 4.78 is 0. The van der Waals surface area contributed by atoms with Gasteiger partial charge in [0.05, 0.1) is 0 Å². The van der Waals surface area contributed by atoms with Crippen molar-refractivity contribution in [1.82, 2.24) is 9.97 Å². The normalized spacial score (nSPS) is 9.65. The molecule has 1 aromatic carbocycles. The van der Waals surface area contributed by atoms with Crippen LogP contribution in [0, 0.1) is 11.3 Å². The Balaban J connectivity index is 2.15. The van der Waals surface area contributed by atoms with Crippen molar-refractivity contribution in [1.29, 1.82) is 5.26 Å². The maximum atomic E-state index is 8.94.